The van der Waals surface area contributed by atoms with E-state index in [9.17, 15) is 0 Å². The summed E-state index contributed by atoms with van der Waals surface area (Å²) >= 11 is 0. The van der Waals surface area contributed by atoms with E-state index in [1.54, 1.807) is 0 Å². The van der Waals surface area contributed by atoms with E-state index in [4.69, 9.17) is 10.8 Å². The minimum Gasteiger partial charge on any atom is -0.394 e. The van der Waals surface area contributed by atoms with E-state index in [1.807, 2.05) is 31.5 Å². The number of unbranched alkanes of at least 4 members (excludes halogenated alkanes) is 1. The lowest BCUT2D eigenvalue weighted by Gasteiger charge is -2.21. The van der Waals surface area contributed by atoms with E-state index in [0.717, 1.165) is 31.3 Å². The first-order chi connectivity index (χ1) is 8.62. The van der Waals surface area contributed by atoms with Crippen molar-refractivity contribution in [3.8, 4) is 0 Å². The SMILES string of the molecule is CC(N)(CO)CCCCn1cnc2ccccc21. The normalized spacial score (nSPS) is 14.8. The molecule has 0 aliphatic heterocycles. The van der Waals surface area contributed by atoms with Gasteiger partial charge in [0.05, 0.1) is 24.0 Å². The van der Waals surface area contributed by atoms with Gasteiger partial charge in [0.1, 0.15) is 0 Å². The summed E-state index contributed by atoms with van der Waals surface area (Å²) in [4.78, 5) is 4.36. The van der Waals surface area contributed by atoms with Crippen LogP contribution in [0.2, 0.25) is 0 Å². The molecule has 0 spiro atoms. The van der Waals surface area contributed by atoms with E-state index in [1.165, 1.54) is 5.52 Å². The summed E-state index contributed by atoms with van der Waals surface area (Å²) in [6.07, 6.45) is 4.79. The van der Waals surface area contributed by atoms with Crippen molar-refractivity contribution < 1.29 is 5.11 Å². The molecule has 4 nitrogen and oxygen atoms in total. The van der Waals surface area contributed by atoms with Crippen molar-refractivity contribution in [1.29, 1.82) is 0 Å². The standard InChI is InChI=1S/C14H21N3O/c1-14(15,10-18)8-4-5-9-17-11-16-12-6-2-3-7-13(12)17/h2-3,6-7,11,18H,4-5,8-10,15H2,1H3. The third kappa shape index (κ3) is 3.09. The van der Waals surface area contributed by atoms with Crippen molar-refractivity contribution in [2.24, 2.45) is 5.73 Å². The van der Waals surface area contributed by atoms with Crippen LogP contribution in [0.5, 0.6) is 0 Å². The Balaban J connectivity index is 1.87. The van der Waals surface area contributed by atoms with Crippen molar-refractivity contribution in [2.45, 2.75) is 38.3 Å². The highest BCUT2D eigenvalue weighted by Crippen LogP contribution is 2.14. The number of aromatic nitrogens is 2. The highest BCUT2D eigenvalue weighted by Gasteiger charge is 2.15. The van der Waals surface area contributed by atoms with Crippen LogP contribution < -0.4 is 5.73 Å². The lowest BCUT2D eigenvalue weighted by atomic mass is 9.97. The first-order valence-electron chi connectivity index (χ1n) is 6.42. The zero-order valence-electron chi connectivity index (χ0n) is 10.8. The third-order valence-electron chi connectivity index (χ3n) is 3.29. The summed E-state index contributed by atoms with van der Waals surface area (Å²) in [7, 11) is 0. The van der Waals surface area contributed by atoms with Gasteiger partial charge < -0.3 is 15.4 Å². The molecule has 1 atom stereocenters. The summed E-state index contributed by atoms with van der Waals surface area (Å²) in [5.41, 5.74) is 7.66. The Kier molecular flexibility index (Phi) is 3.99. The summed E-state index contributed by atoms with van der Waals surface area (Å²) < 4.78 is 2.17. The average Bonchev–Trinajstić information content (AvgIpc) is 2.78. The number of hydrogen-bond acceptors (Lipinski definition) is 3. The van der Waals surface area contributed by atoms with Crippen molar-refractivity contribution in [1.82, 2.24) is 9.55 Å². The summed E-state index contributed by atoms with van der Waals surface area (Å²) in [6.45, 7) is 2.88. The number of para-hydroxylation sites is 2. The zero-order valence-corrected chi connectivity index (χ0v) is 10.8. The lowest BCUT2D eigenvalue weighted by molar-refractivity contribution is 0.197. The number of rotatable bonds is 6. The Morgan fingerprint density at radius 3 is 2.89 bits per heavy atom. The number of aliphatic hydroxyl groups is 1. The van der Waals surface area contributed by atoms with Crippen LogP contribution in [-0.2, 0) is 6.54 Å². The molecule has 2 rings (SSSR count). The molecule has 4 heteroatoms. The van der Waals surface area contributed by atoms with Gasteiger partial charge in [0.25, 0.3) is 0 Å². The molecule has 1 aromatic carbocycles. The Bertz CT molecular complexity index is 504. The van der Waals surface area contributed by atoms with Gasteiger partial charge in [0, 0.05) is 12.1 Å². The summed E-state index contributed by atoms with van der Waals surface area (Å²) in [6, 6.07) is 8.14. The fraction of sp³-hybridized carbons (Fsp3) is 0.500. The van der Waals surface area contributed by atoms with Crippen molar-refractivity contribution in [2.75, 3.05) is 6.61 Å². The first kappa shape index (κ1) is 13.1. The molecule has 0 saturated carbocycles. The van der Waals surface area contributed by atoms with Crippen molar-refractivity contribution >= 4 is 11.0 Å². The van der Waals surface area contributed by atoms with E-state index in [-0.39, 0.29) is 6.61 Å². The van der Waals surface area contributed by atoms with E-state index in [0.29, 0.717) is 0 Å². The van der Waals surface area contributed by atoms with Gasteiger partial charge in [-0.1, -0.05) is 12.1 Å². The Hall–Kier alpha value is -1.39. The number of imidazole rings is 1. The second-order valence-electron chi connectivity index (χ2n) is 5.20. The van der Waals surface area contributed by atoms with Gasteiger partial charge in [-0.3, -0.25) is 0 Å². The van der Waals surface area contributed by atoms with Crippen LogP contribution in [0.3, 0.4) is 0 Å². The minimum absolute atomic E-state index is 0.0427. The largest absolute Gasteiger partial charge is 0.394 e. The number of benzene rings is 1. The number of nitrogens with zero attached hydrogens (tertiary/aromatic N) is 2. The molecule has 0 aliphatic carbocycles. The van der Waals surface area contributed by atoms with Crippen molar-refractivity contribution in [3.63, 3.8) is 0 Å². The summed E-state index contributed by atoms with van der Waals surface area (Å²) in [5.74, 6) is 0. The quantitative estimate of drug-likeness (QED) is 0.766. The second-order valence-corrected chi connectivity index (χ2v) is 5.20. The fourth-order valence-corrected chi connectivity index (χ4v) is 2.08. The first-order valence-corrected chi connectivity index (χ1v) is 6.42. The third-order valence-corrected chi connectivity index (χ3v) is 3.29. The molecule has 0 radical (unpaired) electrons. The Morgan fingerprint density at radius 2 is 2.11 bits per heavy atom. The molecular formula is C14H21N3O. The van der Waals surface area contributed by atoms with Crippen LogP contribution in [0.4, 0.5) is 0 Å². The van der Waals surface area contributed by atoms with E-state index in [2.05, 4.69) is 15.6 Å². The van der Waals surface area contributed by atoms with Gasteiger partial charge in [-0.05, 0) is 38.3 Å². The number of fused-ring (bicyclic) bond motifs is 1. The van der Waals surface area contributed by atoms with E-state index >= 15 is 0 Å². The van der Waals surface area contributed by atoms with Crippen LogP contribution >= 0.6 is 0 Å². The minimum atomic E-state index is -0.447. The van der Waals surface area contributed by atoms with Crippen LogP contribution in [-0.4, -0.2) is 26.8 Å². The molecule has 18 heavy (non-hydrogen) atoms. The molecule has 0 amide bonds. The summed E-state index contributed by atoms with van der Waals surface area (Å²) in [5, 5.41) is 9.08. The maximum absolute atomic E-state index is 9.08. The van der Waals surface area contributed by atoms with Gasteiger partial charge in [0.2, 0.25) is 0 Å². The maximum atomic E-state index is 9.08. The molecule has 1 aromatic heterocycles. The predicted molar refractivity (Wildman–Crippen MR) is 73.3 cm³/mol. The molecule has 1 unspecified atom stereocenters. The number of nitrogens with two attached hydrogens (primary N) is 1. The second kappa shape index (κ2) is 5.50. The molecule has 1 heterocycles. The topological polar surface area (TPSA) is 64.1 Å². The van der Waals surface area contributed by atoms with E-state index < -0.39 is 5.54 Å². The molecular weight excluding hydrogens is 226 g/mol. The van der Waals surface area contributed by atoms with Crippen LogP contribution in [0.15, 0.2) is 30.6 Å². The zero-order chi connectivity index (χ0) is 13.0. The van der Waals surface area contributed by atoms with Crippen LogP contribution in [0.25, 0.3) is 11.0 Å². The van der Waals surface area contributed by atoms with Crippen LogP contribution in [0.1, 0.15) is 26.2 Å². The van der Waals surface area contributed by atoms with Gasteiger partial charge in [-0.25, -0.2) is 4.98 Å². The van der Waals surface area contributed by atoms with Gasteiger partial charge in [0.15, 0.2) is 0 Å². The van der Waals surface area contributed by atoms with Gasteiger partial charge in [-0.2, -0.15) is 0 Å². The molecule has 2 aromatic rings. The number of aliphatic hydroxyl groups excluding tert-OH is 1. The molecule has 0 bridgehead atoms. The fourth-order valence-electron chi connectivity index (χ4n) is 2.08. The predicted octanol–water partition coefficient (Wildman–Crippen LogP) is 1.92. The Labute approximate surface area is 107 Å². The van der Waals surface area contributed by atoms with Gasteiger partial charge in [-0.15, -0.1) is 0 Å². The maximum Gasteiger partial charge on any atom is 0.0958 e. The Morgan fingerprint density at radius 1 is 1.33 bits per heavy atom. The van der Waals surface area contributed by atoms with Crippen molar-refractivity contribution in [3.05, 3.63) is 30.6 Å². The van der Waals surface area contributed by atoms with Crippen LogP contribution in [0, 0.1) is 0 Å². The number of hydrogen-bond donors (Lipinski definition) is 2. The monoisotopic (exact) mass is 247 g/mol. The molecule has 98 valence electrons. The average molecular weight is 247 g/mol. The number of aryl methyl sites for hydroxylation is 1. The molecule has 0 aliphatic rings. The highest BCUT2D eigenvalue weighted by molar-refractivity contribution is 5.74. The molecule has 3 N–H and O–H groups in total. The smallest absolute Gasteiger partial charge is 0.0958 e. The lowest BCUT2D eigenvalue weighted by Crippen LogP contribution is -2.39. The van der Waals surface area contributed by atoms with Gasteiger partial charge >= 0.3 is 0 Å². The molecule has 0 fully saturated rings. The highest BCUT2D eigenvalue weighted by atomic mass is 16.3. The molecule has 0 saturated heterocycles.